The largest absolute Gasteiger partial charge is 0.497 e. The van der Waals surface area contributed by atoms with Crippen molar-refractivity contribution in [1.29, 1.82) is 0 Å². The molecule has 0 radical (unpaired) electrons. The van der Waals surface area contributed by atoms with Crippen LogP contribution in [0, 0.1) is 13.8 Å². The van der Waals surface area contributed by atoms with E-state index >= 15 is 0 Å². The van der Waals surface area contributed by atoms with Crippen LogP contribution in [0.25, 0.3) is 0 Å². The lowest BCUT2D eigenvalue weighted by atomic mass is 10.1. The molecule has 8 heteroatoms. The van der Waals surface area contributed by atoms with Crippen LogP contribution in [-0.4, -0.2) is 49.7 Å². The second kappa shape index (κ2) is 8.94. The van der Waals surface area contributed by atoms with Gasteiger partial charge in [-0.3, -0.25) is 4.79 Å². The van der Waals surface area contributed by atoms with Gasteiger partial charge in [-0.2, -0.15) is 17.0 Å². The zero-order valence-electron chi connectivity index (χ0n) is 17.0. The first-order valence-corrected chi connectivity index (χ1v) is 10.9. The molecule has 0 spiro atoms. The minimum atomic E-state index is -3.72. The van der Waals surface area contributed by atoms with Crippen LogP contribution >= 0.6 is 0 Å². The minimum absolute atomic E-state index is 0.204. The van der Waals surface area contributed by atoms with Crippen LogP contribution in [-0.2, 0) is 21.5 Å². The first-order chi connectivity index (χ1) is 13.8. The van der Waals surface area contributed by atoms with Gasteiger partial charge in [-0.15, -0.1) is 0 Å². The van der Waals surface area contributed by atoms with E-state index in [0.29, 0.717) is 25.3 Å². The fourth-order valence-electron chi connectivity index (χ4n) is 3.46. The zero-order valence-corrected chi connectivity index (χ0v) is 17.8. The molecule has 156 valence electrons. The second-order valence-electron chi connectivity index (χ2n) is 7.19. The molecule has 0 atom stereocenters. The quantitative estimate of drug-likeness (QED) is 0.784. The van der Waals surface area contributed by atoms with Gasteiger partial charge in [0.15, 0.2) is 0 Å². The van der Waals surface area contributed by atoms with Crippen LogP contribution in [0.1, 0.15) is 23.1 Å². The van der Waals surface area contributed by atoms with E-state index in [2.05, 4.69) is 5.32 Å². The van der Waals surface area contributed by atoms with Crippen LogP contribution in [0.15, 0.2) is 42.5 Å². The van der Waals surface area contributed by atoms with Gasteiger partial charge >= 0.3 is 0 Å². The van der Waals surface area contributed by atoms with Gasteiger partial charge in [0, 0.05) is 25.3 Å². The molecule has 2 aromatic rings. The summed E-state index contributed by atoms with van der Waals surface area (Å²) >= 11 is 0. The number of hydrogen-bond acceptors (Lipinski definition) is 4. The van der Waals surface area contributed by atoms with E-state index in [1.54, 1.807) is 7.11 Å². The number of amides is 1. The molecule has 0 bridgehead atoms. The van der Waals surface area contributed by atoms with Crippen molar-refractivity contribution >= 4 is 21.8 Å². The summed E-state index contributed by atoms with van der Waals surface area (Å²) in [5, 5.41) is 2.86. The summed E-state index contributed by atoms with van der Waals surface area (Å²) in [5.41, 5.74) is 3.47. The van der Waals surface area contributed by atoms with Crippen molar-refractivity contribution in [3.05, 3.63) is 59.2 Å². The number of anilines is 1. The number of aryl methyl sites for hydroxylation is 2. The molecule has 1 aliphatic rings. The summed E-state index contributed by atoms with van der Waals surface area (Å²) < 4.78 is 33.9. The molecule has 0 aliphatic carbocycles. The second-order valence-corrected chi connectivity index (χ2v) is 9.12. The van der Waals surface area contributed by atoms with E-state index in [-0.39, 0.29) is 19.0 Å². The first kappa shape index (κ1) is 21.3. The van der Waals surface area contributed by atoms with Gasteiger partial charge in [0.1, 0.15) is 5.75 Å². The topological polar surface area (TPSA) is 79.0 Å². The Labute approximate surface area is 172 Å². The van der Waals surface area contributed by atoms with E-state index in [4.69, 9.17) is 4.74 Å². The first-order valence-electron chi connectivity index (χ1n) is 9.55. The maximum absolute atomic E-state index is 13.0. The van der Waals surface area contributed by atoms with Crippen molar-refractivity contribution in [1.82, 2.24) is 8.61 Å². The molecule has 7 nitrogen and oxygen atoms in total. The van der Waals surface area contributed by atoms with Crippen LogP contribution in [0.5, 0.6) is 5.75 Å². The van der Waals surface area contributed by atoms with Crippen molar-refractivity contribution in [2.75, 3.05) is 32.1 Å². The molecule has 1 saturated heterocycles. The van der Waals surface area contributed by atoms with Crippen molar-refractivity contribution < 1.29 is 17.9 Å². The smallest absolute Gasteiger partial charge is 0.282 e. The van der Waals surface area contributed by atoms with Crippen LogP contribution in [0.4, 0.5) is 5.69 Å². The molecule has 1 N–H and O–H groups in total. The van der Waals surface area contributed by atoms with Crippen molar-refractivity contribution in [3.63, 3.8) is 0 Å². The molecular weight excluding hydrogens is 390 g/mol. The van der Waals surface area contributed by atoms with Gasteiger partial charge in [-0.1, -0.05) is 30.3 Å². The van der Waals surface area contributed by atoms with Crippen molar-refractivity contribution in [2.45, 2.75) is 26.8 Å². The summed E-state index contributed by atoms with van der Waals surface area (Å²) in [4.78, 5) is 12.6. The number of nitrogens with one attached hydrogen (secondary N) is 1. The number of ether oxygens (including phenoxy) is 1. The Kier molecular flexibility index (Phi) is 6.56. The molecule has 1 aliphatic heterocycles. The Morgan fingerprint density at radius 2 is 1.72 bits per heavy atom. The maximum Gasteiger partial charge on any atom is 0.282 e. The van der Waals surface area contributed by atoms with Crippen molar-refractivity contribution in [3.8, 4) is 5.75 Å². The highest BCUT2D eigenvalue weighted by Crippen LogP contribution is 2.23. The molecule has 1 heterocycles. The molecule has 0 unspecified atom stereocenters. The molecule has 0 saturated carbocycles. The van der Waals surface area contributed by atoms with E-state index in [1.165, 1.54) is 8.61 Å². The normalized spacial score (nSPS) is 17.1. The van der Waals surface area contributed by atoms with Gasteiger partial charge in [0.2, 0.25) is 5.91 Å². The minimum Gasteiger partial charge on any atom is -0.497 e. The average molecular weight is 418 g/mol. The third-order valence-corrected chi connectivity index (χ3v) is 6.95. The highest BCUT2D eigenvalue weighted by molar-refractivity contribution is 7.86. The lowest BCUT2D eigenvalue weighted by Gasteiger charge is -2.34. The standard InChI is InChI=1S/C21H27N3O4S/c1-16-7-4-8-17(2)21(16)22-20(25)15-24-12-6-11-23(29(24,26)27)14-18-9-5-10-19(13-18)28-3/h4-5,7-10,13H,6,11-12,14-15H2,1-3H3,(H,22,25). The molecule has 2 aromatic carbocycles. The molecule has 0 aromatic heterocycles. The predicted octanol–water partition coefficient (Wildman–Crippen LogP) is 2.70. The summed E-state index contributed by atoms with van der Waals surface area (Å²) in [6.45, 7) is 4.62. The Balaban J connectivity index is 1.70. The van der Waals surface area contributed by atoms with E-state index in [9.17, 15) is 13.2 Å². The zero-order chi connectivity index (χ0) is 21.0. The van der Waals surface area contributed by atoms with Gasteiger partial charge in [0.05, 0.1) is 13.7 Å². The van der Waals surface area contributed by atoms with Crippen LogP contribution in [0.2, 0.25) is 0 Å². The van der Waals surface area contributed by atoms with Gasteiger partial charge in [0.25, 0.3) is 10.2 Å². The number of hydrogen-bond donors (Lipinski definition) is 1. The summed E-state index contributed by atoms with van der Waals surface area (Å²) in [6.07, 6.45) is 0.667. The van der Waals surface area contributed by atoms with E-state index < -0.39 is 10.2 Å². The number of nitrogens with zero attached hydrogens (tertiary/aromatic N) is 2. The van der Waals surface area contributed by atoms with Gasteiger partial charge in [-0.25, -0.2) is 0 Å². The molecule has 3 rings (SSSR count). The van der Waals surface area contributed by atoms with Gasteiger partial charge in [-0.05, 0) is 49.1 Å². The molecule has 1 amide bonds. The highest BCUT2D eigenvalue weighted by Gasteiger charge is 2.34. The monoisotopic (exact) mass is 417 g/mol. The Morgan fingerprint density at radius 3 is 2.41 bits per heavy atom. The van der Waals surface area contributed by atoms with Crippen LogP contribution in [0.3, 0.4) is 0 Å². The predicted molar refractivity (Wildman–Crippen MR) is 113 cm³/mol. The number of para-hydroxylation sites is 1. The fourth-order valence-corrected chi connectivity index (χ4v) is 5.10. The number of carbonyl (C=O) groups excluding carboxylic acids is 1. The Bertz CT molecular complexity index is 971. The average Bonchev–Trinajstić information content (AvgIpc) is 2.68. The summed E-state index contributed by atoms with van der Waals surface area (Å²) in [7, 11) is -2.15. The number of methoxy groups -OCH3 is 1. The SMILES string of the molecule is COc1cccc(CN2CCCN(CC(=O)Nc3c(C)cccc3C)S2(=O)=O)c1. The Morgan fingerprint density at radius 1 is 1.07 bits per heavy atom. The van der Waals surface area contributed by atoms with E-state index in [0.717, 1.165) is 22.4 Å². The highest BCUT2D eigenvalue weighted by atomic mass is 32.2. The molecule has 29 heavy (non-hydrogen) atoms. The Hall–Kier alpha value is -2.42. The van der Waals surface area contributed by atoms with Crippen molar-refractivity contribution in [2.24, 2.45) is 0 Å². The summed E-state index contributed by atoms with van der Waals surface area (Å²) in [6, 6.07) is 13.1. The van der Waals surface area contributed by atoms with E-state index in [1.807, 2.05) is 56.3 Å². The molecule has 1 fully saturated rings. The summed E-state index contributed by atoms with van der Waals surface area (Å²) in [5.74, 6) is 0.343. The maximum atomic E-state index is 13.0. The third kappa shape index (κ3) is 4.95. The van der Waals surface area contributed by atoms with Gasteiger partial charge < -0.3 is 10.1 Å². The molecular formula is C21H27N3O4S. The fraction of sp³-hybridized carbons (Fsp3) is 0.381. The number of rotatable bonds is 6. The number of benzene rings is 2. The lowest BCUT2D eigenvalue weighted by molar-refractivity contribution is -0.116. The van der Waals surface area contributed by atoms with Crippen LogP contribution < -0.4 is 10.1 Å². The lowest BCUT2D eigenvalue weighted by Crippen LogP contribution is -2.51. The number of carbonyl (C=O) groups is 1. The third-order valence-electron chi connectivity index (χ3n) is 5.03.